The molecule has 10 heteroatoms. The fourth-order valence-electron chi connectivity index (χ4n) is 4.24. The van der Waals surface area contributed by atoms with E-state index in [1.165, 1.54) is 0 Å². The Morgan fingerprint density at radius 2 is 1.66 bits per heavy atom. The van der Waals surface area contributed by atoms with Crippen LogP contribution in [-0.2, 0) is 4.79 Å². The Hall–Kier alpha value is -3.82. The van der Waals surface area contributed by atoms with Crippen molar-refractivity contribution in [2.75, 3.05) is 42.1 Å². The predicted octanol–water partition coefficient (Wildman–Crippen LogP) is 5.39. The van der Waals surface area contributed by atoms with Crippen LogP contribution in [0.1, 0.15) is 15.9 Å². The molecule has 1 saturated heterocycles. The van der Waals surface area contributed by atoms with Crippen LogP contribution in [0, 0.1) is 6.92 Å². The Morgan fingerprint density at radius 1 is 0.947 bits per heavy atom. The fraction of sp³-hybridized carbons (Fsp3) is 0.214. The number of hydrogen-bond acceptors (Lipinski definition) is 7. The van der Waals surface area contributed by atoms with Gasteiger partial charge in [-0.05, 0) is 55.0 Å². The maximum absolute atomic E-state index is 12.9. The van der Waals surface area contributed by atoms with Crippen LogP contribution < -0.4 is 10.2 Å². The maximum Gasteiger partial charge on any atom is 0.277 e. The van der Waals surface area contributed by atoms with Gasteiger partial charge in [-0.15, -0.1) is 10.2 Å². The van der Waals surface area contributed by atoms with Gasteiger partial charge in [-0.1, -0.05) is 53.7 Å². The molecule has 3 aromatic carbocycles. The van der Waals surface area contributed by atoms with Crippen molar-refractivity contribution in [2.24, 2.45) is 0 Å². The fourth-order valence-corrected chi connectivity index (χ4v) is 5.02. The molecule has 0 spiro atoms. The molecular formula is C28H26ClN5O3S. The smallest absolute Gasteiger partial charge is 0.277 e. The van der Waals surface area contributed by atoms with Gasteiger partial charge in [0.25, 0.3) is 11.1 Å². The molecule has 0 aliphatic carbocycles. The van der Waals surface area contributed by atoms with E-state index >= 15 is 0 Å². The van der Waals surface area contributed by atoms with Crippen molar-refractivity contribution in [3.05, 3.63) is 88.9 Å². The van der Waals surface area contributed by atoms with Crippen molar-refractivity contribution in [1.29, 1.82) is 0 Å². The summed E-state index contributed by atoms with van der Waals surface area (Å²) in [6.45, 7) is 4.79. The maximum atomic E-state index is 12.9. The highest BCUT2D eigenvalue weighted by Gasteiger charge is 2.23. The van der Waals surface area contributed by atoms with Gasteiger partial charge in [-0.25, -0.2) is 0 Å². The Labute approximate surface area is 230 Å². The van der Waals surface area contributed by atoms with Gasteiger partial charge >= 0.3 is 0 Å². The van der Waals surface area contributed by atoms with Crippen molar-refractivity contribution >= 4 is 46.6 Å². The summed E-state index contributed by atoms with van der Waals surface area (Å²) in [5, 5.41) is 11.7. The summed E-state index contributed by atoms with van der Waals surface area (Å²) in [5.74, 6) is 0.348. The summed E-state index contributed by atoms with van der Waals surface area (Å²) in [6.07, 6.45) is 0. The monoisotopic (exact) mass is 547 g/mol. The second-order valence-corrected chi connectivity index (χ2v) is 10.2. The number of nitrogens with one attached hydrogen (secondary N) is 1. The van der Waals surface area contributed by atoms with Crippen molar-refractivity contribution in [1.82, 2.24) is 15.1 Å². The number of thioether (sulfide) groups is 1. The molecule has 5 rings (SSSR count). The zero-order chi connectivity index (χ0) is 26.5. The molecule has 4 aromatic rings. The number of aryl methyl sites for hydroxylation is 1. The lowest BCUT2D eigenvalue weighted by Gasteiger charge is -2.36. The van der Waals surface area contributed by atoms with E-state index in [-0.39, 0.29) is 17.6 Å². The molecule has 1 fully saturated rings. The number of amides is 2. The SMILES string of the molecule is Cc1ccccc1C(=O)N1CCN(c2ccc(NC(=O)CSc3nnc(-c4ccccc4Cl)o3)cc2)CC1. The highest BCUT2D eigenvalue weighted by atomic mass is 35.5. The van der Waals surface area contributed by atoms with Crippen LogP contribution in [0.15, 0.2) is 82.4 Å². The zero-order valence-corrected chi connectivity index (χ0v) is 22.3. The summed E-state index contributed by atoms with van der Waals surface area (Å²) in [6, 6.07) is 22.6. The number of halogens is 1. The van der Waals surface area contributed by atoms with E-state index in [9.17, 15) is 9.59 Å². The topological polar surface area (TPSA) is 91.6 Å². The van der Waals surface area contributed by atoms with Crippen LogP contribution in [-0.4, -0.2) is 58.8 Å². The van der Waals surface area contributed by atoms with Crippen molar-refractivity contribution in [3.8, 4) is 11.5 Å². The normalized spacial score (nSPS) is 13.4. The van der Waals surface area contributed by atoms with Gasteiger partial charge in [0.2, 0.25) is 11.8 Å². The lowest BCUT2D eigenvalue weighted by atomic mass is 10.1. The molecule has 1 N–H and O–H groups in total. The second kappa shape index (κ2) is 11.7. The molecular weight excluding hydrogens is 522 g/mol. The molecule has 1 aromatic heterocycles. The molecule has 0 radical (unpaired) electrons. The average Bonchev–Trinajstić information content (AvgIpc) is 3.41. The van der Waals surface area contributed by atoms with Crippen LogP contribution in [0.25, 0.3) is 11.5 Å². The van der Waals surface area contributed by atoms with E-state index in [4.69, 9.17) is 16.0 Å². The Balaban J connectivity index is 1.10. The van der Waals surface area contributed by atoms with Gasteiger partial charge < -0.3 is 19.5 Å². The van der Waals surface area contributed by atoms with Crippen molar-refractivity contribution in [3.63, 3.8) is 0 Å². The third kappa shape index (κ3) is 6.00. The summed E-state index contributed by atoms with van der Waals surface area (Å²) >= 11 is 7.34. The van der Waals surface area contributed by atoms with Crippen LogP contribution in [0.2, 0.25) is 5.02 Å². The number of anilines is 2. The quantitative estimate of drug-likeness (QED) is 0.310. The molecule has 194 valence electrons. The molecule has 1 aliphatic heterocycles. The van der Waals surface area contributed by atoms with Crippen molar-refractivity contribution < 1.29 is 14.0 Å². The Morgan fingerprint density at radius 3 is 2.39 bits per heavy atom. The van der Waals surface area contributed by atoms with Gasteiger partial charge in [-0.3, -0.25) is 9.59 Å². The lowest BCUT2D eigenvalue weighted by molar-refractivity contribution is -0.113. The first-order valence-electron chi connectivity index (χ1n) is 12.2. The highest BCUT2D eigenvalue weighted by molar-refractivity contribution is 7.99. The summed E-state index contributed by atoms with van der Waals surface area (Å²) in [7, 11) is 0. The van der Waals surface area contributed by atoms with Crippen LogP contribution in [0.4, 0.5) is 11.4 Å². The lowest BCUT2D eigenvalue weighted by Crippen LogP contribution is -2.48. The molecule has 38 heavy (non-hydrogen) atoms. The minimum absolute atomic E-state index is 0.0827. The molecule has 0 saturated carbocycles. The van der Waals surface area contributed by atoms with Crippen LogP contribution in [0.5, 0.6) is 0 Å². The van der Waals surface area contributed by atoms with Gasteiger partial charge in [0.1, 0.15) is 0 Å². The van der Waals surface area contributed by atoms with Gasteiger partial charge in [0.05, 0.1) is 16.3 Å². The Bertz CT molecular complexity index is 1430. The number of hydrogen-bond donors (Lipinski definition) is 1. The number of nitrogens with zero attached hydrogens (tertiary/aromatic N) is 4. The zero-order valence-electron chi connectivity index (χ0n) is 20.8. The van der Waals surface area contributed by atoms with Crippen LogP contribution >= 0.6 is 23.4 Å². The van der Waals surface area contributed by atoms with Gasteiger partial charge in [-0.2, -0.15) is 0 Å². The molecule has 2 heterocycles. The summed E-state index contributed by atoms with van der Waals surface area (Å²) in [5.41, 5.74) is 4.17. The van der Waals surface area contributed by atoms with E-state index in [2.05, 4.69) is 20.4 Å². The molecule has 0 unspecified atom stereocenters. The number of benzene rings is 3. The number of carbonyl (C=O) groups excluding carboxylic acids is 2. The van der Waals surface area contributed by atoms with Gasteiger partial charge in [0, 0.05) is 43.1 Å². The minimum Gasteiger partial charge on any atom is -0.411 e. The standard InChI is InChI=1S/C28H26ClN5O3S/c1-19-6-2-3-7-22(19)27(36)34-16-14-33(15-17-34)21-12-10-20(11-13-21)30-25(35)18-38-28-32-31-26(37-28)23-8-4-5-9-24(23)29/h2-13H,14-18H2,1H3,(H,30,35). The van der Waals surface area contributed by atoms with E-state index in [1.807, 2.05) is 72.5 Å². The minimum atomic E-state index is -0.177. The molecule has 1 aliphatic rings. The first-order valence-corrected chi connectivity index (χ1v) is 13.6. The number of carbonyl (C=O) groups is 2. The predicted molar refractivity (Wildman–Crippen MR) is 150 cm³/mol. The molecule has 0 atom stereocenters. The van der Waals surface area contributed by atoms with E-state index in [1.54, 1.807) is 12.1 Å². The Kier molecular flexibility index (Phi) is 7.95. The largest absolute Gasteiger partial charge is 0.411 e. The van der Waals surface area contributed by atoms with E-state index in [0.29, 0.717) is 40.5 Å². The van der Waals surface area contributed by atoms with E-state index < -0.39 is 0 Å². The van der Waals surface area contributed by atoms with Crippen molar-refractivity contribution in [2.45, 2.75) is 12.1 Å². The summed E-state index contributed by atoms with van der Waals surface area (Å²) in [4.78, 5) is 29.5. The average molecular weight is 548 g/mol. The molecule has 8 nitrogen and oxygen atoms in total. The number of rotatable bonds is 7. The van der Waals surface area contributed by atoms with Gasteiger partial charge in [0.15, 0.2) is 0 Å². The second-order valence-electron chi connectivity index (χ2n) is 8.83. The highest BCUT2D eigenvalue weighted by Crippen LogP contribution is 2.29. The molecule has 0 bridgehead atoms. The van der Waals surface area contributed by atoms with Crippen LogP contribution in [0.3, 0.4) is 0 Å². The number of piperazine rings is 1. The third-order valence-electron chi connectivity index (χ3n) is 6.30. The van der Waals surface area contributed by atoms with E-state index in [0.717, 1.165) is 41.7 Å². The molecule has 2 amide bonds. The summed E-state index contributed by atoms with van der Waals surface area (Å²) < 4.78 is 5.63. The third-order valence-corrected chi connectivity index (χ3v) is 7.44. The number of aromatic nitrogens is 2. The first-order chi connectivity index (χ1) is 18.5. The first kappa shape index (κ1) is 25.8.